The maximum atomic E-state index is 11.8. The average Bonchev–Trinajstić information content (AvgIpc) is 3.06. The Labute approximate surface area is 141 Å². The minimum atomic E-state index is -0.434. The molecular formula is C16H22ClN3O3. The fourth-order valence-corrected chi connectivity index (χ4v) is 2.55. The molecule has 0 atom stereocenters. The van der Waals surface area contributed by atoms with Gasteiger partial charge >= 0.3 is 6.03 Å². The molecule has 1 aliphatic heterocycles. The molecule has 0 unspecified atom stereocenters. The number of ether oxygens (including phenoxy) is 1. The van der Waals surface area contributed by atoms with E-state index >= 15 is 0 Å². The van der Waals surface area contributed by atoms with Crippen LogP contribution in [0.15, 0.2) is 18.2 Å². The van der Waals surface area contributed by atoms with E-state index in [0.29, 0.717) is 23.1 Å². The number of rotatable bonds is 6. The van der Waals surface area contributed by atoms with Crippen LogP contribution < -0.4 is 15.4 Å². The molecule has 2 N–H and O–H groups in total. The fourth-order valence-electron chi connectivity index (χ4n) is 2.32. The molecule has 0 aromatic heterocycles. The van der Waals surface area contributed by atoms with Crippen molar-refractivity contribution in [1.29, 1.82) is 0 Å². The summed E-state index contributed by atoms with van der Waals surface area (Å²) in [4.78, 5) is 25.4. The Morgan fingerprint density at radius 2 is 2.04 bits per heavy atom. The highest BCUT2D eigenvalue weighted by Gasteiger charge is 2.18. The lowest BCUT2D eigenvalue weighted by atomic mass is 10.3. The van der Waals surface area contributed by atoms with Crippen molar-refractivity contribution >= 4 is 29.2 Å². The van der Waals surface area contributed by atoms with Crippen molar-refractivity contribution in [1.82, 2.24) is 10.2 Å². The fraction of sp³-hybridized carbons (Fsp3) is 0.500. The predicted molar refractivity (Wildman–Crippen MR) is 90.1 cm³/mol. The molecule has 0 radical (unpaired) electrons. The quantitative estimate of drug-likeness (QED) is 0.837. The molecule has 6 nitrogen and oxygen atoms in total. The van der Waals surface area contributed by atoms with E-state index in [0.717, 1.165) is 32.4 Å². The Bertz CT molecular complexity index is 560. The van der Waals surface area contributed by atoms with Crippen LogP contribution in [0.2, 0.25) is 5.02 Å². The predicted octanol–water partition coefficient (Wildman–Crippen LogP) is 2.87. The molecule has 1 saturated heterocycles. The molecule has 7 heteroatoms. The second-order valence-electron chi connectivity index (χ2n) is 5.39. The second-order valence-corrected chi connectivity index (χ2v) is 5.80. The summed E-state index contributed by atoms with van der Waals surface area (Å²) in [6, 6.07) is 4.60. The maximum Gasteiger partial charge on any atom is 0.319 e. The zero-order valence-electron chi connectivity index (χ0n) is 13.2. The molecule has 0 saturated carbocycles. The van der Waals surface area contributed by atoms with Crippen LogP contribution in [0.4, 0.5) is 10.5 Å². The van der Waals surface area contributed by atoms with Crippen molar-refractivity contribution in [3.8, 4) is 5.75 Å². The van der Waals surface area contributed by atoms with Crippen molar-refractivity contribution < 1.29 is 14.3 Å². The number of benzene rings is 1. The third kappa shape index (κ3) is 5.32. The monoisotopic (exact) mass is 339 g/mol. The van der Waals surface area contributed by atoms with Gasteiger partial charge in [0.25, 0.3) is 0 Å². The van der Waals surface area contributed by atoms with E-state index in [9.17, 15) is 9.59 Å². The molecule has 0 bridgehead atoms. The molecule has 23 heavy (non-hydrogen) atoms. The van der Waals surface area contributed by atoms with Gasteiger partial charge in [-0.2, -0.15) is 0 Å². The van der Waals surface area contributed by atoms with Gasteiger partial charge in [-0.3, -0.25) is 4.79 Å². The Morgan fingerprint density at radius 1 is 1.30 bits per heavy atom. The number of hydrogen-bond donors (Lipinski definition) is 2. The van der Waals surface area contributed by atoms with E-state index in [1.54, 1.807) is 23.1 Å². The number of urea groups is 1. The van der Waals surface area contributed by atoms with Gasteiger partial charge in [0.15, 0.2) is 0 Å². The van der Waals surface area contributed by atoms with Crippen LogP contribution in [0.3, 0.4) is 0 Å². The summed E-state index contributed by atoms with van der Waals surface area (Å²) >= 11 is 6.10. The van der Waals surface area contributed by atoms with Crippen LogP contribution in [0, 0.1) is 0 Å². The number of halogens is 1. The van der Waals surface area contributed by atoms with Gasteiger partial charge in [0.1, 0.15) is 5.75 Å². The Morgan fingerprint density at radius 3 is 2.70 bits per heavy atom. The molecule has 1 heterocycles. The van der Waals surface area contributed by atoms with E-state index in [4.69, 9.17) is 16.3 Å². The topological polar surface area (TPSA) is 70.7 Å². The summed E-state index contributed by atoms with van der Waals surface area (Å²) in [5, 5.41) is 5.65. The molecule has 1 aliphatic rings. The minimum absolute atomic E-state index is 0.00272. The number of hydrogen-bond acceptors (Lipinski definition) is 3. The first-order valence-corrected chi connectivity index (χ1v) is 8.23. The second kappa shape index (κ2) is 8.62. The van der Waals surface area contributed by atoms with Crippen LogP contribution in [-0.4, -0.2) is 43.1 Å². The standard InChI is InChI=1S/C16H22ClN3O3/c1-2-9-23-14-6-5-12(10-13(14)17)19-16(22)18-11-15(21)20-7-3-4-8-20/h5-6,10H,2-4,7-9,11H2,1H3,(H2,18,19,22). The van der Waals surface area contributed by atoms with Gasteiger partial charge in [-0.1, -0.05) is 18.5 Å². The van der Waals surface area contributed by atoms with Crippen molar-refractivity contribution in [2.24, 2.45) is 0 Å². The summed E-state index contributed by atoms with van der Waals surface area (Å²) in [7, 11) is 0. The number of carbonyl (C=O) groups is 2. The Balaban J connectivity index is 1.80. The van der Waals surface area contributed by atoms with Gasteiger partial charge < -0.3 is 20.3 Å². The maximum absolute atomic E-state index is 11.8. The van der Waals surface area contributed by atoms with E-state index in [1.165, 1.54) is 0 Å². The van der Waals surface area contributed by atoms with Crippen LogP contribution in [0.1, 0.15) is 26.2 Å². The van der Waals surface area contributed by atoms with Crippen LogP contribution in [0.5, 0.6) is 5.75 Å². The first-order chi connectivity index (χ1) is 11.1. The molecular weight excluding hydrogens is 318 g/mol. The third-order valence-electron chi connectivity index (χ3n) is 3.51. The normalized spacial score (nSPS) is 13.7. The molecule has 0 aliphatic carbocycles. The van der Waals surface area contributed by atoms with Crippen LogP contribution in [0.25, 0.3) is 0 Å². The molecule has 126 valence electrons. The third-order valence-corrected chi connectivity index (χ3v) is 3.81. The lowest BCUT2D eigenvalue weighted by Crippen LogP contribution is -2.40. The molecule has 3 amide bonds. The van der Waals surface area contributed by atoms with Crippen molar-refractivity contribution in [2.45, 2.75) is 26.2 Å². The van der Waals surface area contributed by atoms with Crippen molar-refractivity contribution in [2.75, 3.05) is 31.6 Å². The van der Waals surface area contributed by atoms with Gasteiger partial charge in [0.2, 0.25) is 5.91 Å². The van der Waals surface area contributed by atoms with Gasteiger partial charge in [0, 0.05) is 18.8 Å². The van der Waals surface area contributed by atoms with Gasteiger partial charge in [0.05, 0.1) is 18.2 Å². The first kappa shape index (κ1) is 17.4. The number of nitrogens with one attached hydrogen (secondary N) is 2. The van der Waals surface area contributed by atoms with Gasteiger partial charge in [-0.25, -0.2) is 4.79 Å². The van der Waals surface area contributed by atoms with Gasteiger partial charge in [-0.15, -0.1) is 0 Å². The van der Waals surface area contributed by atoms with Crippen molar-refractivity contribution in [3.05, 3.63) is 23.2 Å². The molecule has 1 aromatic carbocycles. The highest BCUT2D eigenvalue weighted by Crippen LogP contribution is 2.27. The highest BCUT2D eigenvalue weighted by molar-refractivity contribution is 6.32. The van der Waals surface area contributed by atoms with E-state index in [2.05, 4.69) is 10.6 Å². The zero-order chi connectivity index (χ0) is 16.7. The number of amides is 3. The van der Waals surface area contributed by atoms with E-state index in [-0.39, 0.29) is 12.5 Å². The molecule has 1 fully saturated rings. The number of likely N-dealkylation sites (tertiary alicyclic amines) is 1. The molecule has 1 aromatic rings. The van der Waals surface area contributed by atoms with Crippen LogP contribution >= 0.6 is 11.6 Å². The summed E-state index contributed by atoms with van der Waals surface area (Å²) in [5.74, 6) is 0.530. The summed E-state index contributed by atoms with van der Waals surface area (Å²) in [6.45, 7) is 4.15. The van der Waals surface area contributed by atoms with E-state index in [1.807, 2.05) is 6.92 Å². The summed E-state index contributed by atoms with van der Waals surface area (Å²) < 4.78 is 5.47. The molecule has 0 spiro atoms. The number of nitrogens with zero attached hydrogens (tertiary/aromatic N) is 1. The number of anilines is 1. The largest absolute Gasteiger partial charge is 0.492 e. The first-order valence-electron chi connectivity index (χ1n) is 7.85. The Kier molecular flexibility index (Phi) is 6.52. The number of carbonyl (C=O) groups excluding carboxylic acids is 2. The average molecular weight is 340 g/mol. The van der Waals surface area contributed by atoms with Crippen molar-refractivity contribution in [3.63, 3.8) is 0 Å². The van der Waals surface area contributed by atoms with Gasteiger partial charge in [-0.05, 0) is 37.5 Å². The zero-order valence-corrected chi connectivity index (χ0v) is 14.0. The minimum Gasteiger partial charge on any atom is -0.492 e. The lowest BCUT2D eigenvalue weighted by Gasteiger charge is -2.15. The lowest BCUT2D eigenvalue weighted by molar-refractivity contribution is -0.128. The summed E-state index contributed by atoms with van der Waals surface area (Å²) in [6.07, 6.45) is 2.95. The summed E-state index contributed by atoms with van der Waals surface area (Å²) in [5.41, 5.74) is 0.546. The Hall–Kier alpha value is -1.95. The highest BCUT2D eigenvalue weighted by atomic mass is 35.5. The molecule has 2 rings (SSSR count). The van der Waals surface area contributed by atoms with E-state index < -0.39 is 6.03 Å². The smallest absolute Gasteiger partial charge is 0.319 e. The SMILES string of the molecule is CCCOc1ccc(NC(=O)NCC(=O)N2CCCC2)cc1Cl. The van der Waals surface area contributed by atoms with Crippen LogP contribution in [-0.2, 0) is 4.79 Å².